The van der Waals surface area contributed by atoms with Gasteiger partial charge in [-0.1, -0.05) is 36.4 Å². The monoisotopic (exact) mass is 410 g/mol. The van der Waals surface area contributed by atoms with Crippen LogP contribution in [0.15, 0.2) is 81.9 Å². The highest BCUT2D eigenvalue weighted by Crippen LogP contribution is 2.23. The highest BCUT2D eigenvalue weighted by Gasteiger charge is 2.23. The zero-order valence-corrected chi connectivity index (χ0v) is 16.3. The van der Waals surface area contributed by atoms with Crippen LogP contribution in [0.1, 0.15) is 6.92 Å². The molecule has 0 bridgehead atoms. The van der Waals surface area contributed by atoms with Crippen LogP contribution in [0.5, 0.6) is 0 Å². The number of hydrogen-bond acceptors (Lipinski definition) is 6. The van der Waals surface area contributed by atoms with Crippen LogP contribution in [-0.4, -0.2) is 26.2 Å². The summed E-state index contributed by atoms with van der Waals surface area (Å²) in [5.41, 5.74) is 0.841. The van der Waals surface area contributed by atoms with E-state index >= 15 is 0 Å². The SMILES string of the molecule is CC(=O)C(N=Nc1ccc(S(N)(=O)=O)cc1)C(=O)Nc1cccc2ccccc12. The Labute approximate surface area is 167 Å². The molecule has 1 atom stereocenters. The van der Waals surface area contributed by atoms with Crippen molar-refractivity contribution >= 4 is 43.9 Å². The molecule has 0 fully saturated rings. The summed E-state index contributed by atoms with van der Waals surface area (Å²) >= 11 is 0. The highest BCUT2D eigenvalue weighted by atomic mass is 32.2. The molecule has 1 unspecified atom stereocenters. The van der Waals surface area contributed by atoms with E-state index in [1.165, 1.54) is 31.2 Å². The van der Waals surface area contributed by atoms with E-state index in [0.29, 0.717) is 5.69 Å². The molecule has 0 heterocycles. The molecule has 0 aliphatic rings. The molecule has 0 spiro atoms. The molecule has 0 aliphatic carbocycles. The van der Waals surface area contributed by atoms with Gasteiger partial charge >= 0.3 is 0 Å². The third-order valence-corrected chi connectivity index (χ3v) is 5.06. The third-order valence-electron chi connectivity index (χ3n) is 4.13. The first-order valence-electron chi connectivity index (χ1n) is 8.58. The van der Waals surface area contributed by atoms with E-state index in [-0.39, 0.29) is 10.6 Å². The number of hydrogen-bond donors (Lipinski definition) is 2. The Morgan fingerprint density at radius 2 is 1.62 bits per heavy atom. The number of amides is 1. The van der Waals surface area contributed by atoms with Gasteiger partial charge in [-0.2, -0.15) is 10.2 Å². The predicted octanol–water partition coefficient (Wildman–Crippen LogP) is 3.17. The van der Waals surface area contributed by atoms with Crippen molar-refractivity contribution in [3.05, 3.63) is 66.7 Å². The van der Waals surface area contributed by atoms with Crippen LogP contribution in [0.4, 0.5) is 11.4 Å². The molecule has 1 amide bonds. The van der Waals surface area contributed by atoms with Gasteiger partial charge in [-0.05, 0) is 42.6 Å². The lowest BCUT2D eigenvalue weighted by molar-refractivity contribution is -0.126. The van der Waals surface area contributed by atoms with Crippen LogP contribution in [0.2, 0.25) is 0 Å². The molecular formula is C20H18N4O4S. The van der Waals surface area contributed by atoms with Gasteiger partial charge in [0.2, 0.25) is 16.1 Å². The van der Waals surface area contributed by atoms with Crippen molar-refractivity contribution in [2.24, 2.45) is 15.4 Å². The van der Waals surface area contributed by atoms with Gasteiger partial charge in [0, 0.05) is 11.1 Å². The molecule has 148 valence electrons. The standard InChI is InChI=1S/C20H18N4O4S/c1-13(25)19(24-23-15-9-11-16(12-10-15)29(21,27)28)20(26)22-18-8-4-6-14-5-2-3-7-17(14)18/h2-12,19H,1H3,(H,22,26)(H2,21,27,28). The normalized spacial score (nSPS) is 12.8. The molecule has 3 rings (SSSR count). The van der Waals surface area contributed by atoms with Crippen molar-refractivity contribution in [1.82, 2.24) is 0 Å². The van der Waals surface area contributed by atoms with E-state index in [1.54, 1.807) is 12.1 Å². The van der Waals surface area contributed by atoms with Crippen molar-refractivity contribution in [2.75, 3.05) is 5.32 Å². The van der Waals surface area contributed by atoms with Crippen molar-refractivity contribution in [1.29, 1.82) is 0 Å². The van der Waals surface area contributed by atoms with E-state index in [9.17, 15) is 18.0 Å². The summed E-state index contributed by atoms with van der Waals surface area (Å²) in [7, 11) is -3.82. The summed E-state index contributed by atoms with van der Waals surface area (Å²) in [5, 5.41) is 17.3. The summed E-state index contributed by atoms with van der Waals surface area (Å²) in [6, 6.07) is 16.9. The number of carbonyl (C=O) groups excluding carboxylic acids is 2. The number of nitrogens with two attached hydrogens (primary N) is 1. The Kier molecular flexibility index (Phi) is 5.81. The van der Waals surface area contributed by atoms with E-state index in [1.807, 2.05) is 30.3 Å². The Morgan fingerprint density at radius 3 is 2.28 bits per heavy atom. The average molecular weight is 410 g/mol. The van der Waals surface area contributed by atoms with E-state index < -0.39 is 27.8 Å². The van der Waals surface area contributed by atoms with Gasteiger partial charge in [-0.3, -0.25) is 9.59 Å². The topological polar surface area (TPSA) is 131 Å². The smallest absolute Gasteiger partial charge is 0.258 e. The first kappa shape index (κ1) is 20.3. The maximum Gasteiger partial charge on any atom is 0.258 e. The average Bonchev–Trinajstić information content (AvgIpc) is 2.68. The molecule has 8 nitrogen and oxygen atoms in total. The lowest BCUT2D eigenvalue weighted by Crippen LogP contribution is -2.31. The van der Waals surface area contributed by atoms with Crippen LogP contribution >= 0.6 is 0 Å². The molecule has 3 aromatic carbocycles. The summed E-state index contributed by atoms with van der Waals surface area (Å²) < 4.78 is 22.6. The number of rotatable bonds is 6. The molecule has 3 N–H and O–H groups in total. The second kappa shape index (κ2) is 8.29. The molecule has 0 aromatic heterocycles. The largest absolute Gasteiger partial charge is 0.323 e. The summed E-state index contributed by atoms with van der Waals surface area (Å²) in [4.78, 5) is 24.5. The Hall–Kier alpha value is -3.43. The number of ketones is 1. The number of Topliss-reactive ketones (excluding diaryl/α,β-unsaturated/α-hetero) is 1. The van der Waals surface area contributed by atoms with Gasteiger partial charge in [-0.25, -0.2) is 13.6 Å². The minimum absolute atomic E-state index is 0.0757. The zero-order valence-electron chi connectivity index (χ0n) is 15.4. The van der Waals surface area contributed by atoms with E-state index in [2.05, 4.69) is 15.5 Å². The van der Waals surface area contributed by atoms with E-state index in [4.69, 9.17) is 5.14 Å². The molecule has 9 heteroatoms. The molecular weight excluding hydrogens is 392 g/mol. The van der Waals surface area contributed by atoms with Gasteiger partial charge in [0.1, 0.15) is 0 Å². The van der Waals surface area contributed by atoms with Crippen LogP contribution in [0.3, 0.4) is 0 Å². The number of fused-ring (bicyclic) bond motifs is 1. The maximum absolute atomic E-state index is 12.6. The van der Waals surface area contributed by atoms with Gasteiger partial charge in [0.15, 0.2) is 5.78 Å². The second-order valence-electron chi connectivity index (χ2n) is 6.28. The fourth-order valence-electron chi connectivity index (χ4n) is 2.68. The fourth-order valence-corrected chi connectivity index (χ4v) is 3.20. The molecule has 0 radical (unpaired) electrons. The number of anilines is 1. The molecule has 0 saturated carbocycles. The Morgan fingerprint density at radius 1 is 0.966 bits per heavy atom. The first-order chi connectivity index (χ1) is 13.8. The summed E-state index contributed by atoms with van der Waals surface area (Å²) in [6.07, 6.45) is 0. The van der Waals surface area contributed by atoms with Crippen LogP contribution in [-0.2, 0) is 19.6 Å². The summed E-state index contributed by atoms with van der Waals surface area (Å²) in [6.45, 7) is 1.25. The van der Waals surface area contributed by atoms with Crippen molar-refractivity contribution < 1.29 is 18.0 Å². The minimum atomic E-state index is -3.82. The highest BCUT2D eigenvalue weighted by molar-refractivity contribution is 7.89. The Bertz CT molecular complexity index is 1200. The third kappa shape index (κ3) is 4.89. The second-order valence-corrected chi connectivity index (χ2v) is 7.84. The van der Waals surface area contributed by atoms with Gasteiger partial charge in [-0.15, -0.1) is 0 Å². The number of primary sulfonamides is 1. The number of nitrogens with one attached hydrogen (secondary N) is 1. The van der Waals surface area contributed by atoms with Crippen LogP contribution in [0, 0.1) is 0 Å². The molecule has 3 aromatic rings. The van der Waals surface area contributed by atoms with Crippen molar-refractivity contribution in [3.63, 3.8) is 0 Å². The van der Waals surface area contributed by atoms with Crippen LogP contribution < -0.4 is 10.5 Å². The van der Waals surface area contributed by atoms with Gasteiger partial charge in [0.05, 0.1) is 10.6 Å². The van der Waals surface area contributed by atoms with Gasteiger partial charge < -0.3 is 5.32 Å². The van der Waals surface area contributed by atoms with Crippen molar-refractivity contribution in [3.8, 4) is 0 Å². The van der Waals surface area contributed by atoms with Crippen molar-refractivity contribution in [2.45, 2.75) is 17.9 Å². The number of azo groups is 1. The minimum Gasteiger partial charge on any atom is -0.323 e. The molecule has 29 heavy (non-hydrogen) atoms. The first-order valence-corrected chi connectivity index (χ1v) is 10.1. The molecule has 0 saturated heterocycles. The van der Waals surface area contributed by atoms with Crippen LogP contribution in [0.25, 0.3) is 10.8 Å². The van der Waals surface area contributed by atoms with E-state index in [0.717, 1.165) is 10.8 Å². The number of carbonyl (C=O) groups is 2. The number of nitrogens with zero attached hydrogens (tertiary/aromatic N) is 2. The number of sulfonamides is 1. The fraction of sp³-hybridized carbons (Fsp3) is 0.100. The maximum atomic E-state index is 12.6. The summed E-state index contributed by atoms with van der Waals surface area (Å²) in [5.74, 6) is -1.09. The zero-order chi connectivity index (χ0) is 21.0. The Balaban J connectivity index is 1.81. The number of benzene rings is 3. The predicted molar refractivity (Wildman–Crippen MR) is 109 cm³/mol. The molecule has 0 aliphatic heterocycles. The quantitative estimate of drug-likeness (QED) is 0.477. The lowest BCUT2D eigenvalue weighted by Gasteiger charge is -2.11. The lowest BCUT2D eigenvalue weighted by atomic mass is 10.1. The van der Waals surface area contributed by atoms with Gasteiger partial charge in [0.25, 0.3) is 5.91 Å².